The molecule has 0 radical (unpaired) electrons. The van der Waals surface area contributed by atoms with Gasteiger partial charge in [0.2, 0.25) is 0 Å². The highest BCUT2D eigenvalue weighted by atomic mass is 16.4. The molecule has 0 heterocycles. The van der Waals surface area contributed by atoms with Crippen molar-refractivity contribution < 1.29 is 20.3 Å². The topological polar surface area (TPSA) is 89.0 Å². The molecule has 0 saturated heterocycles. The van der Waals surface area contributed by atoms with Crippen molar-refractivity contribution in [1.29, 1.82) is 0 Å². The van der Waals surface area contributed by atoms with Crippen molar-refractivity contribution in [3.63, 3.8) is 0 Å². The monoisotopic (exact) mass is 182 g/mol. The molecule has 1 rings (SSSR count). The maximum atomic E-state index is 10.9. The molecule has 0 fully saturated rings. The Morgan fingerprint density at radius 3 is 2.23 bits per heavy atom. The third-order valence-corrected chi connectivity index (χ3v) is 1.62. The molecule has 0 aliphatic carbocycles. The van der Waals surface area contributed by atoms with Crippen molar-refractivity contribution in [3.8, 4) is 0 Å². The Kier molecular flexibility index (Phi) is 4.34. The quantitative estimate of drug-likeness (QED) is 0.442. The highest BCUT2D eigenvalue weighted by molar-refractivity contribution is 6.60. The van der Waals surface area contributed by atoms with Crippen LogP contribution in [0.25, 0.3) is 0 Å². The first-order chi connectivity index (χ1) is 5.63. The molecule has 0 aromatic heterocycles. The SMILES string of the molecule is CC(=O)c1ccccc1B(O)O.O. The van der Waals surface area contributed by atoms with E-state index in [1.54, 1.807) is 18.2 Å². The van der Waals surface area contributed by atoms with Crippen LogP contribution in [0.1, 0.15) is 17.3 Å². The van der Waals surface area contributed by atoms with Gasteiger partial charge in [0, 0.05) is 5.56 Å². The first-order valence-electron chi connectivity index (χ1n) is 3.59. The molecule has 70 valence electrons. The van der Waals surface area contributed by atoms with Gasteiger partial charge in [-0.2, -0.15) is 0 Å². The zero-order valence-electron chi connectivity index (χ0n) is 7.19. The lowest BCUT2D eigenvalue weighted by Gasteiger charge is -2.03. The summed E-state index contributed by atoms with van der Waals surface area (Å²) in [6.07, 6.45) is 0. The van der Waals surface area contributed by atoms with Gasteiger partial charge in [0.05, 0.1) is 0 Å². The van der Waals surface area contributed by atoms with Crippen LogP contribution in [0.15, 0.2) is 24.3 Å². The number of ketones is 1. The Balaban J connectivity index is 0.00000144. The van der Waals surface area contributed by atoms with Crippen LogP contribution in [-0.2, 0) is 0 Å². The molecule has 0 bridgehead atoms. The fraction of sp³-hybridized carbons (Fsp3) is 0.125. The summed E-state index contributed by atoms with van der Waals surface area (Å²) >= 11 is 0. The van der Waals surface area contributed by atoms with Gasteiger partial charge in [-0.3, -0.25) is 4.79 Å². The van der Waals surface area contributed by atoms with Crippen molar-refractivity contribution in [2.75, 3.05) is 0 Å². The van der Waals surface area contributed by atoms with E-state index in [0.29, 0.717) is 5.56 Å². The summed E-state index contributed by atoms with van der Waals surface area (Å²) in [5.74, 6) is -0.168. The zero-order valence-corrected chi connectivity index (χ0v) is 7.19. The average Bonchev–Trinajstić information content (AvgIpc) is 2.04. The lowest BCUT2D eigenvalue weighted by Crippen LogP contribution is -2.34. The zero-order chi connectivity index (χ0) is 9.14. The summed E-state index contributed by atoms with van der Waals surface area (Å²) < 4.78 is 0. The third kappa shape index (κ3) is 2.66. The van der Waals surface area contributed by atoms with Crippen molar-refractivity contribution in [3.05, 3.63) is 29.8 Å². The Labute approximate surface area is 76.3 Å². The normalized spacial score (nSPS) is 8.85. The van der Waals surface area contributed by atoms with Crippen molar-refractivity contribution in [2.24, 2.45) is 0 Å². The van der Waals surface area contributed by atoms with Gasteiger partial charge in [0.1, 0.15) is 0 Å². The second kappa shape index (κ2) is 4.76. The summed E-state index contributed by atoms with van der Waals surface area (Å²) in [5, 5.41) is 17.7. The number of hydrogen-bond donors (Lipinski definition) is 2. The van der Waals surface area contributed by atoms with Crippen molar-refractivity contribution in [2.45, 2.75) is 6.92 Å². The fourth-order valence-corrected chi connectivity index (χ4v) is 1.04. The number of Topliss-reactive ketones (excluding diaryl/α,β-unsaturated/α-hetero) is 1. The van der Waals surface area contributed by atoms with E-state index in [1.807, 2.05) is 0 Å². The van der Waals surface area contributed by atoms with Crippen LogP contribution in [0.2, 0.25) is 0 Å². The minimum atomic E-state index is -1.58. The predicted octanol–water partition coefficient (Wildman–Crippen LogP) is -1.26. The minimum Gasteiger partial charge on any atom is -0.423 e. The molecule has 5 heteroatoms. The molecule has 0 aliphatic heterocycles. The second-order valence-corrected chi connectivity index (χ2v) is 2.52. The minimum absolute atomic E-state index is 0. The predicted molar refractivity (Wildman–Crippen MR) is 49.9 cm³/mol. The largest absolute Gasteiger partial charge is 0.489 e. The van der Waals surface area contributed by atoms with Crippen LogP contribution < -0.4 is 5.46 Å². The molecule has 0 aliphatic rings. The molecule has 0 unspecified atom stereocenters. The lowest BCUT2D eigenvalue weighted by atomic mass is 9.76. The molecule has 1 aromatic carbocycles. The van der Waals surface area contributed by atoms with Crippen LogP contribution in [0.4, 0.5) is 0 Å². The first kappa shape index (κ1) is 11.8. The molecule has 0 atom stereocenters. The van der Waals surface area contributed by atoms with Gasteiger partial charge in [-0.1, -0.05) is 24.3 Å². The van der Waals surface area contributed by atoms with Gasteiger partial charge in [-0.05, 0) is 12.4 Å². The second-order valence-electron chi connectivity index (χ2n) is 2.52. The third-order valence-electron chi connectivity index (χ3n) is 1.62. The smallest absolute Gasteiger partial charge is 0.423 e. The van der Waals surface area contributed by atoms with Crippen molar-refractivity contribution in [1.82, 2.24) is 0 Å². The summed E-state index contributed by atoms with van der Waals surface area (Å²) in [6, 6.07) is 6.42. The molecule has 0 amide bonds. The Bertz CT molecular complexity index is 298. The molecule has 0 spiro atoms. The van der Waals surface area contributed by atoms with Gasteiger partial charge in [0.15, 0.2) is 5.78 Å². The molecule has 1 aromatic rings. The Morgan fingerprint density at radius 1 is 1.31 bits per heavy atom. The molecular weight excluding hydrogens is 171 g/mol. The van der Waals surface area contributed by atoms with Gasteiger partial charge in [-0.25, -0.2) is 0 Å². The molecule has 0 saturated carbocycles. The average molecular weight is 182 g/mol. The van der Waals surface area contributed by atoms with Crippen LogP contribution in [0.5, 0.6) is 0 Å². The van der Waals surface area contributed by atoms with Gasteiger partial charge in [-0.15, -0.1) is 0 Å². The Hall–Kier alpha value is -1.17. The van der Waals surface area contributed by atoms with E-state index in [0.717, 1.165) is 0 Å². The van der Waals surface area contributed by atoms with Crippen LogP contribution in [0.3, 0.4) is 0 Å². The molecule has 4 nitrogen and oxygen atoms in total. The van der Waals surface area contributed by atoms with E-state index >= 15 is 0 Å². The molecule has 13 heavy (non-hydrogen) atoms. The number of carbonyl (C=O) groups is 1. The van der Waals surface area contributed by atoms with Gasteiger partial charge < -0.3 is 15.5 Å². The van der Waals surface area contributed by atoms with E-state index in [1.165, 1.54) is 13.0 Å². The summed E-state index contributed by atoms with van der Waals surface area (Å²) in [7, 11) is -1.58. The maximum Gasteiger partial charge on any atom is 0.489 e. The van der Waals surface area contributed by atoms with Gasteiger partial charge in [0.25, 0.3) is 0 Å². The Morgan fingerprint density at radius 2 is 1.85 bits per heavy atom. The van der Waals surface area contributed by atoms with E-state index in [9.17, 15) is 4.79 Å². The highest BCUT2D eigenvalue weighted by Crippen LogP contribution is 1.97. The maximum absolute atomic E-state index is 10.9. The molecular formula is C8H11BO4. The van der Waals surface area contributed by atoms with Crippen LogP contribution >= 0.6 is 0 Å². The number of benzene rings is 1. The van der Waals surface area contributed by atoms with E-state index in [-0.39, 0.29) is 16.7 Å². The van der Waals surface area contributed by atoms with E-state index < -0.39 is 7.12 Å². The van der Waals surface area contributed by atoms with E-state index in [4.69, 9.17) is 10.0 Å². The van der Waals surface area contributed by atoms with Crippen LogP contribution in [0, 0.1) is 0 Å². The van der Waals surface area contributed by atoms with E-state index in [2.05, 4.69) is 0 Å². The summed E-state index contributed by atoms with van der Waals surface area (Å²) in [5.41, 5.74) is 0.609. The molecule has 4 N–H and O–H groups in total. The lowest BCUT2D eigenvalue weighted by molar-refractivity contribution is 0.101. The number of carbonyl (C=O) groups excluding carboxylic acids is 1. The summed E-state index contributed by atoms with van der Waals surface area (Å²) in [6.45, 7) is 1.39. The van der Waals surface area contributed by atoms with Gasteiger partial charge >= 0.3 is 7.12 Å². The van der Waals surface area contributed by atoms with Crippen molar-refractivity contribution >= 4 is 18.4 Å². The standard InChI is InChI=1S/C8H9BO3.H2O/c1-6(10)7-4-2-3-5-8(7)9(11)12;/h2-5,11-12H,1H3;1H2. The highest BCUT2D eigenvalue weighted by Gasteiger charge is 2.16. The number of hydrogen-bond acceptors (Lipinski definition) is 3. The number of rotatable bonds is 2. The summed E-state index contributed by atoms with van der Waals surface area (Å²) in [4.78, 5) is 10.9. The van der Waals surface area contributed by atoms with Crippen LogP contribution in [-0.4, -0.2) is 28.4 Å². The first-order valence-corrected chi connectivity index (χ1v) is 3.59. The fourth-order valence-electron chi connectivity index (χ4n) is 1.04.